The van der Waals surface area contributed by atoms with Gasteiger partial charge < -0.3 is 11.1 Å². The number of nitrogen functional groups attached to an aromatic ring is 1. The zero-order chi connectivity index (χ0) is 39.7. The minimum atomic E-state index is -5.16. The number of carbonyl (C=O) groups is 2. The van der Waals surface area contributed by atoms with Gasteiger partial charge in [0.2, 0.25) is 5.28 Å². The Morgan fingerprint density at radius 3 is 1.85 bits per heavy atom. The van der Waals surface area contributed by atoms with Crippen LogP contribution in [0.1, 0.15) is 48.5 Å². The topological polar surface area (TPSA) is 289 Å². The normalized spacial score (nSPS) is 12.9. The Morgan fingerprint density at radius 1 is 0.722 bits per heavy atom. The monoisotopic (exact) mass is 815 g/mol. The van der Waals surface area contributed by atoms with Crippen molar-refractivity contribution < 1.29 is 48.5 Å². The van der Waals surface area contributed by atoms with E-state index in [1.165, 1.54) is 45.0 Å². The average molecular weight is 816 g/mol. The van der Waals surface area contributed by atoms with Crippen LogP contribution in [0.25, 0.3) is 0 Å². The van der Waals surface area contributed by atoms with E-state index < -0.39 is 90.6 Å². The Hall–Kier alpha value is -5.55. The molecule has 5 aromatic rings. The van der Waals surface area contributed by atoms with E-state index in [4.69, 9.17) is 17.3 Å². The van der Waals surface area contributed by atoms with E-state index in [0.29, 0.717) is 0 Å². The SMILES string of the molecule is Cc1c(Nc2cc(S(=O)(=O)O)c(N)c3c2C(=O)c2ccccc2C3=O)c(C)c(S(=O)(=O)O)c(C)c1N(Nc1ccccc1)c1nc(Cl)nc(S(=O)(=O)O)n1. The summed E-state index contributed by atoms with van der Waals surface area (Å²) in [7, 11) is -15.4. The van der Waals surface area contributed by atoms with Crippen molar-refractivity contribution in [3.05, 3.63) is 105 Å². The van der Waals surface area contributed by atoms with Crippen molar-refractivity contribution in [1.82, 2.24) is 15.0 Å². The number of benzene rings is 4. The van der Waals surface area contributed by atoms with Gasteiger partial charge in [0, 0.05) is 16.8 Å². The van der Waals surface area contributed by atoms with Crippen LogP contribution in [0.4, 0.5) is 34.4 Å². The van der Waals surface area contributed by atoms with Crippen molar-refractivity contribution in [3.63, 3.8) is 0 Å². The summed E-state index contributed by atoms with van der Waals surface area (Å²) in [6, 6.07) is 14.5. The van der Waals surface area contributed by atoms with E-state index in [9.17, 15) is 48.5 Å². The summed E-state index contributed by atoms with van der Waals surface area (Å²) >= 11 is 6.05. The molecule has 0 radical (unpaired) electrons. The first-order valence-corrected chi connectivity index (χ1v) is 19.8. The van der Waals surface area contributed by atoms with Crippen molar-refractivity contribution in [2.45, 2.75) is 35.7 Å². The van der Waals surface area contributed by atoms with Gasteiger partial charge in [-0.25, -0.2) is 5.01 Å². The second kappa shape index (κ2) is 13.4. The van der Waals surface area contributed by atoms with E-state index >= 15 is 0 Å². The van der Waals surface area contributed by atoms with Gasteiger partial charge in [-0.3, -0.25) is 28.7 Å². The van der Waals surface area contributed by atoms with Crippen LogP contribution in [0, 0.1) is 20.8 Å². The van der Waals surface area contributed by atoms with Crippen LogP contribution < -0.4 is 21.5 Å². The van der Waals surface area contributed by atoms with E-state index in [0.717, 1.165) is 11.1 Å². The first kappa shape index (κ1) is 38.2. The van der Waals surface area contributed by atoms with Gasteiger partial charge in [-0.15, -0.1) is 0 Å². The van der Waals surface area contributed by atoms with Crippen LogP contribution in [0.3, 0.4) is 0 Å². The molecule has 7 N–H and O–H groups in total. The third-order valence-corrected chi connectivity index (χ3v) is 11.2. The summed E-state index contributed by atoms with van der Waals surface area (Å²) in [5, 5.41) is 1.93. The lowest BCUT2D eigenvalue weighted by Gasteiger charge is -2.31. The van der Waals surface area contributed by atoms with Gasteiger partial charge in [-0.1, -0.05) is 42.5 Å². The van der Waals surface area contributed by atoms with E-state index in [1.807, 2.05) is 0 Å². The summed E-state index contributed by atoms with van der Waals surface area (Å²) in [6.07, 6.45) is 0. The fraction of sp³-hybridized carbons (Fsp3) is 0.0938. The molecule has 0 fully saturated rings. The van der Waals surface area contributed by atoms with Crippen LogP contribution in [0.2, 0.25) is 5.28 Å². The van der Waals surface area contributed by atoms with Crippen molar-refractivity contribution in [3.8, 4) is 0 Å². The molecule has 0 saturated heterocycles. The summed E-state index contributed by atoms with van der Waals surface area (Å²) in [5.41, 5.74) is 6.36. The lowest BCUT2D eigenvalue weighted by atomic mass is 9.82. The van der Waals surface area contributed by atoms with Gasteiger partial charge in [0.15, 0.2) is 11.6 Å². The highest BCUT2D eigenvalue weighted by atomic mass is 35.5. The molecule has 280 valence electrons. The number of anilines is 6. The van der Waals surface area contributed by atoms with Gasteiger partial charge >= 0.3 is 10.1 Å². The highest BCUT2D eigenvalue weighted by molar-refractivity contribution is 7.86. The third-order valence-electron chi connectivity index (χ3n) is 8.38. The van der Waals surface area contributed by atoms with E-state index in [-0.39, 0.29) is 44.9 Å². The minimum absolute atomic E-state index is 0.0553. The first-order valence-electron chi connectivity index (χ1n) is 15.1. The van der Waals surface area contributed by atoms with Crippen LogP contribution in [-0.2, 0) is 30.4 Å². The molecule has 1 aromatic heterocycles. The second-order valence-electron chi connectivity index (χ2n) is 11.8. The number of rotatable bonds is 9. The zero-order valence-corrected chi connectivity index (χ0v) is 31.1. The fourth-order valence-corrected chi connectivity index (χ4v) is 8.44. The predicted molar refractivity (Wildman–Crippen MR) is 195 cm³/mol. The summed E-state index contributed by atoms with van der Waals surface area (Å²) in [6.45, 7) is 3.98. The second-order valence-corrected chi connectivity index (χ2v) is 16.2. The molecule has 4 aromatic carbocycles. The molecule has 0 aliphatic heterocycles. The molecule has 0 bridgehead atoms. The van der Waals surface area contributed by atoms with Crippen LogP contribution in [-0.4, -0.2) is 65.4 Å². The molecule has 1 aliphatic rings. The zero-order valence-electron chi connectivity index (χ0n) is 27.9. The number of fused-ring (bicyclic) bond motifs is 2. The number of hydrogen-bond acceptors (Lipinski definition) is 15. The number of nitrogens with one attached hydrogen (secondary N) is 2. The maximum absolute atomic E-state index is 14.0. The molecular weight excluding hydrogens is 790 g/mol. The standard InChI is InChI=1S/C32H26ClN7O11S3/c1-14-25(35-20-13-21(52(43,44)45)24(34)23-22(20)27(41)18-11-7-8-12-19(18)28(23)42)15(2)29(53(46,47)48)16(3)26(14)40(39-17-9-5-4-6-10-17)31-36-30(33)37-32(38-31)54(49,50)51/h4-13,35,39H,34H2,1-3H3,(H,43,44,45)(H,46,47,48)(H,49,50,51). The molecule has 0 unspecified atom stereocenters. The van der Waals surface area contributed by atoms with E-state index in [1.54, 1.807) is 30.3 Å². The molecule has 0 spiro atoms. The number of carbonyl (C=O) groups excluding carboxylic acids is 2. The molecular formula is C32H26ClN7O11S3. The summed E-state index contributed by atoms with van der Waals surface area (Å²) in [5.74, 6) is -2.23. The fourth-order valence-electron chi connectivity index (χ4n) is 6.22. The Morgan fingerprint density at radius 2 is 1.30 bits per heavy atom. The van der Waals surface area contributed by atoms with Gasteiger partial charge in [-0.2, -0.15) is 40.2 Å². The van der Waals surface area contributed by atoms with Gasteiger partial charge in [0.1, 0.15) is 9.79 Å². The number of aromatic nitrogens is 3. The number of nitrogens with zero attached hydrogens (tertiary/aromatic N) is 4. The van der Waals surface area contributed by atoms with Crippen molar-refractivity contribution in [2.24, 2.45) is 0 Å². The number of hydrogen-bond donors (Lipinski definition) is 6. The molecule has 0 atom stereocenters. The van der Waals surface area contributed by atoms with Gasteiger partial charge in [-0.05, 0) is 67.3 Å². The molecule has 22 heteroatoms. The number of nitrogens with two attached hydrogens (primary N) is 1. The summed E-state index contributed by atoms with van der Waals surface area (Å²) in [4.78, 5) is 37.4. The van der Waals surface area contributed by atoms with Crippen molar-refractivity contribution >= 4 is 87.9 Å². The first-order chi connectivity index (χ1) is 25.1. The van der Waals surface area contributed by atoms with E-state index in [2.05, 4.69) is 25.7 Å². The number of hydrazine groups is 1. The molecule has 1 heterocycles. The highest BCUT2D eigenvalue weighted by Gasteiger charge is 2.38. The van der Waals surface area contributed by atoms with Gasteiger partial charge in [0.25, 0.3) is 31.3 Å². The lowest BCUT2D eigenvalue weighted by molar-refractivity contribution is 0.0980. The number of halogens is 1. The molecule has 0 amide bonds. The third kappa shape index (κ3) is 6.72. The predicted octanol–water partition coefficient (Wildman–Crippen LogP) is 4.46. The maximum atomic E-state index is 14.0. The number of ketones is 2. The molecule has 1 aliphatic carbocycles. The Balaban J connectivity index is 1.70. The lowest BCUT2D eigenvalue weighted by Crippen LogP contribution is -2.30. The maximum Gasteiger partial charge on any atom is 0.330 e. The smallest absolute Gasteiger partial charge is 0.330 e. The van der Waals surface area contributed by atoms with Crippen LogP contribution in [0.5, 0.6) is 0 Å². The Labute approximate surface area is 312 Å². The average Bonchev–Trinajstić information content (AvgIpc) is 3.07. The Kier molecular flexibility index (Phi) is 9.47. The summed E-state index contributed by atoms with van der Waals surface area (Å²) < 4.78 is 106. The molecule has 6 rings (SSSR count). The molecule has 18 nitrogen and oxygen atoms in total. The van der Waals surface area contributed by atoms with Crippen molar-refractivity contribution in [2.75, 3.05) is 21.5 Å². The van der Waals surface area contributed by atoms with Gasteiger partial charge in [0.05, 0.1) is 33.9 Å². The van der Waals surface area contributed by atoms with Crippen molar-refractivity contribution in [1.29, 1.82) is 0 Å². The Bertz CT molecular complexity index is 2800. The quantitative estimate of drug-likeness (QED) is 0.0667. The molecule has 54 heavy (non-hydrogen) atoms. The minimum Gasteiger partial charge on any atom is -0.397 e. The molecule has 0 saturated carbocycles. The largest absolute Gasteiger partial charge is 0.397 e. The van der Waals surface area contributed by atoms with Crippen LogP contribution in [0.15, 0.2) is 75.6 Å². The highest BCUT2D eigenvalue weighted by Crippen LogP contribution is 2.45. The number of para-hydroxylation sites is 1. The van der Waals surface area contributed by atoms with Crippen LogP contribution >= 0.6 is 11.6 Å².